The number of hydrogen-bond donors (Lipinski definition) is 2. The normalized spacial score (nSPS) is 21.7. The highest BCUT2D eigenvalue weighted by molar-refractivity contribution is 7.80. The van der Waals surface area contributed by atoms with Crippen molar-refractivity contribution in [2.45, 2.75) is 5.92 Å². The van der Waals surface area contributed by atoms with Gasteiger partial charge in [0, 0.05) is 11.5 Å². The van der Waals surface area contributed by atoms with Crippen LogP contribution in [-0.4, -0.2) is 23.8 Å². The van der Waals surface area contributed by atoms with Gasteiger partial charge in [0.25, 0.3) is 0 Å². The molecule has 0 saturated heterocycles. The molecule has 1 aromatic carbocycles. The molecule has 1 heterocycles. The molecule has 2 atom stereocenters. The zero-order chi connectivity index (χ0) is 14.7. The Bertz CT molecular complexity index is 683. The van der Waals surface area contributed by atoms with E-state index in [1.807, 2.05) is 18.2 Å². The van der Waals surface area contributed by atoms with Gasteiger partial charge < -0.3 is 10.5 Å². The summed E-state index contributed by atoms with van der Waals surface area (Å²) in [6, 6.07) is 9.40. The third kappa shape index (κ3) is 2.21. The van der Waals surface area contributed by atoms with Crippen LogP contribution in [0.3, 0.4) is 0 Å². The molecule has 0 aromatic heterocycles. The number of rotatable bonds is 2. The van der Waals surface area contributed by atoms with Gasteiger partial charge in [-0.25, -0.2) is 4.99 Å². The highest BCUT2D eigenvalue weighted by Gasteiger charge is 2.37. The van der Waals surface area contributed by atoms with Gasteiger partial charge in [0.1, 0.15) is 22.5 Å². The second-order valence-electron chi connectivity index (χ2n) is 4.21. The Morgan fingerprint density at radius 1 is 1.45 bits per heavy atom. The number of nitrogens with one attached hydrogen (secondary N) is 1. The quantitative estimate of drug-likeness (QED) is 0.491. The second kappa shape index (κ2) is 5.66. The predicted octanol–water partition coefficient (Wildman–Crippen LogP) is 1.79. The van der Waals surface area contributed by atoms with Gasteiger partial charge in [-0.1, -0.05) is 30.4 Å². The summed E-state index contributed by atoms with van der Waals surface area (Å²) in [7, 11) is 1.55. The smallest absolute Gasteiger partial charge is 0.141 e. The van der Waals surface area contributed by atoms with E-state index in [1.54, 1.807) is 13.2 Å². The summed E-state index contributed by atoms with van der Waals surface area (Å²) in [5.74, 6) is 1.89. The van der Waals surface area contributed by atoms with E-state index < -0.39 is 11.8 Å². The molecular formula is C14H12N4OS. The lowest BCUT2D eigenvalue weighted by molar-refractivity contribution is 0.406. The van der Waals surface area contributed by atoms with Crippen LogP contribution in [0.25, 0.3) is 0 Å². The lowest BCUT2D eigenvalue weighted by atomic mass is 9.78. The molecule has 0 aliphatic carbocycles. The van der Waals surface area contributed by atoms with Crippen LogP contribution in [0.2, 0.25) is 0 Å². The van der Waals surface area contributed by atoms with Crippen LogP contribution in [-0.2, 0) is 0 Å². The molecule has 1 aliphatic rings. The summed E-state index contributed by atoms with van der Waals surface area (Å²) < 4.78 is 5.32. The van der Waals surface area contributed by atoms with Gasteiger partial charge in [0.2, 0.25) is 0 Å². The summed E-state index contributed by atoms with van der Waals surface area (Å²) in [6.45, 7) is 0. The molecule has 100 valence electrons. The number of methoxy groups -OCH3 is 1. The Kier molecular flexibility index (Phi) is 3.94. The van der Waals surface area contributed by atoms with Crippen LogP contribution in [0.4, 0.5) is 0 Å². The first kappa shape index (κ1) is 13.9. The Morgan fingerprint density at radius 3 is 2.75 bits per heavy atom. The van der Waals surface area contributed by atoms with Crippen molar-refractivity contribution in [2.24, 2.45) is 16.6 Å². The van der Waals surface area contributed by atoms with Crippen molar-refractivity contribution in [1.82, 2.24) is 0 Å². The number of aliphatic imine (C=N–C) groups is 1. The Morgan fingerprint density at radius 2 is 2.15 bits per heavy atom. The number of nitrogens with two attached hydrogens (primary N) is 1. The number of benzene rings is 1. The summed E-state index contributed by atoms with van der Waals surface area (Å²) in [5.41, 5.74) is 6.94. The maximum atomic E-state index is 9.36. The fourth-order valence-electron chi connectivity index (χ4n) is 2.25. The number of thiocarbonyl (C=S) groups is 1. The maximum absolute atomic E-state index is 9.36. The Balaban J connectivity index is 2.68. The van der Waals surface area contributed by atoms with Crippen LogP contribution in [0.5, 0.6) is 5.75 Å². The molecule has 0 bridgehead atoms. The molecule has 0 saturated carbocycles. The van der Waals surface area contributed by atoms with Crippen molar-refractivity contribution in [3.63, 3.8) is 0 Å². The summed E-state index contributed by atoms with van der Waals surface area (Å²) in [5, 5.41) is 16.8. The Labute approximate surface area is 121 Å². The monoisotopic (exact) mass is 284 g/mol. The summed E-state index contributed by atoms with van der Waals surface area (Å²) >= 11 is 5.12. The molecule has 0 radical (unpaired) electrons. The molecule has 6 heteroatoms. The Hall–Kier alpha value is -2.48. The van der Waals surface area contributed by atoms with Crippen LogP contribution in [0.15, 0.2) is 34.8 Å². The molecule has 1 aromatic rings. The first-order chi connectivity index (χ1) is 9.63. The van der Waals surface area contributed by atoms with Crippen LogP contribution >= 0.6 is 12.2 Å². The van der Waals surface area contributed by atoms with E-state index in [0.29, 0.717) is 11.3 Å². The summed E-state index contributed by atoms with van der Waals surface area (Å²) in [6.07, 6.45) is 0. The number of nitrogens with zero attached hydrogens (tertiary/aromatic N) is 2. The summed E-state index contributed by atoms with van der Waals surface area (Å²) in [4.78, 5) is 4.16. The standard InChI is InChI=1S/C14H12N4OS/c1-19-11-5-3-2-4-8(11)12-9(6-15)13(17)18-14(20)10(12)7-16/h2-5,9,12,16H,1H3,(H2,17,18,20)/t9?,12-/m1/s1. The minimum absolute atomic E-state index is 0.160. The highest BCUT2D eigenvalue weighted by Crippen LogP contribution is 2.39. The van der Waals surface area contributed by atoms with Gasteiger partial charge in [-0.15, -0.1) is 0 Å². The van der Waals surface area contributed by atoms with E-state index in [-0.39, 0.29) is 10.8 Å². The first-order valence-electron chi connectivity index (χ1n) is 5.84. The zero-order valence-electron chi connectivity index (χ0n) is 10.8. The molecule has 2 rings (SSSR count). The van der Waals surface area contributed by atoms with E-state index in [0.717, 1.165) is 5.56 Å². The number of nitriles is 1. The van der Waals surface area contributed by atoms with E-state index in [1.165, 1.54) is 0 Å². The minimum atomic E-state index is -0.689. The molecular weight excluding hydrogens is 272 g/mol. The number of ether oxygens (including phenoxy) is 1. The molecule has 0 spiro atoms. The third-order valence-corrected chi connectivity index (χ3v) is 3.48. The van der Waals surface area contributed by atoms with Crippen molar-refractivity contribution < 1.29 is 4.74 Å². The van der Waals surface area contributed by atoms with E-state index in [9.17, 15) is 5.26 Å². The van der Waals surface area contributed by atoms with Crippen molar-refractivity contribution in [1.29, 1.82) is 10.7 Å². The minimum Gasteiger partial charge on any atom is -0.496 e. The zero-order valence-corrected chi connectivity index (χ0v) is 11.6. The number of para-hydroxylation sites is 1. The topological polar surface area (TPSA) is 95.2 Å². The van der Waals surface area contributed by atoms with Gasteiger partial charge in [-0.05, 0) is 11.9 Å². The highest BCUT2D eigenvalue weighted by atomic mass is 32.1. The van der Waals surface area contributed by atoms with Crippen molar-refractivity contribution >= 4 is 28.9 Å². The molecule has 0 fully saturated rings. The molecule has 3 N–H and O–H groups in total. The van der Waals surface area contributed by atoms with E-state index in [4.69, 9.17) is 28.1 Å². The van der Waals surface area contributed by atoms with E-state index in [2.05, 4.69) is 16.9 Å². The van der Waals surface area contributed by atoms with Crippen LogP contribution in [0, 0.1) is 22.7 Å². The second-order valence-corrected chi connectivity index (χ2v) is 4.59. The lowest BCUT2D eigenvalue weighted by Gasteiger charge is -2.28. The van der Waals surface area contributed by atoms with Gasteiger partial charge in [0.15, 0.2) is 0 Å². The molecule has 1 aliphatic heterocycles. The third-order valence-electron chi connectivity index (χ3n) is 3.17. The lowest BCUT2D eigenvalue weighted by Crippen LogP contribution is -2.35. The van der Waals surface area contributed by atoms with Crippen molar-refractivity contribution in [2.75, 3.05) is 7.11 Å². The SMILES string of the molecule is COc1ccccc1[C@H]1C(=C=N)C(=S)N=C(N)C1C#N. The van der Waals surface area contributed by atoms with Crippen LogP contribution in [0.1, 0.15) is 11.5 Å². The van der Waals surface area contributed by atoms with E-state index >= 15 is 0 Å². The van der Waals surface area contributed by atoms with Gasteiger partial charge in [0.05, 0.1) is 18.8 Å². The maximum Gasteiger partial charge on any atom is 0.141 e. The van der Waals surface area contributed by atoms with Gasteiger partial charge >= 0.3 is 0 Å². The fourth-order valence-corrected chi connectivity index (χ4v) is 2.53. The van der Waals surface area contributed by atoms with Gasteiger partial charge in [-0.2, -0.15) is 5.26 Å². The van der Waals surface area contributed by atoms with Crippen molar-refractivity contribution in [3.8, 4) is 11.8 Å². The number of amidine groups is 1. The average molecular weight is 284 g/mol. The van der Waals surface area contributed by atoms with Crippen LogP contribution < -0.4 is 10.5 Å². The largest absolute Gasteiger partial charge is 0.496 e. The number of hydrogen-bond acceptors (Lipinski definition) is 5. The fraction of sp³-hybridized carbons (Fsp3) is 0.214. The molecule has 1 unspecified atom stereocenters. The molecule has 5 nitrogen and oxygen atoms in total. The molecule has 0 amide bonds. The van der Waals surface area contributed by atoms with Crippen molar-refractivity contribution in [3.05, 3.63) is 35.4 Å². The average Bonchev–Trinajstić information content (AvgIpc) is 2.46. The van der Waals surface area contributed by atoms with Gasteiger partial charge in [-0.3, -0.25) is 5.41 Å². The predicted molar refractivity (Wildman–Crippen MR) is 80.3 cm³/mol. The molecule has 20 heavy (non-hydrogen) atoms. The first-order valence-corrected chi connectivity index (χ1v) is 6.25.